The van der Waals surface area contributed by atoms with Crippen LogP contribution in [0.2, 0.25) is 0 Å². The van der Waals surface area contributed by atoms with Gasteiger partial charge < -0.3 is 11.1 Å². The SMILES string of the molecule is CS(=O)(=O)c1ccc(NC2CCCCC2CN)cn1. The summed E-state index contributed by atoms with van der Waals surface area (Å²) in [5.41, 5.74) is 6.65. The summed E-state index contributed by atoms with van der Waals surface area (Å²) in [5, 5.41) is 3.53. The number of nitrogens with two attached hydrogens (primary N) is 1. The third kappa shape index (κ3) is 3.67. The van der Waals surface area contributed by atoms with Crippen molar-refractivity contribution in [2.75, 3.05) is 18.1 Å². The van der Waals surface area contributed by atoms with E-state index in [1.54, 1.807) is 12.3 Å². The standard InChI is InChI=1S/C13H21N3O2S/c1-19(17,18)13-7-6-11(9-15-13)16-12-5-3-2-4-10(12)8-14/h6-7,9-10,12,16H,2-5,8,14H2,1H3. The molecule has 0 spiro atoms. The lowest BCUT2D eigenvalue weighted by Crippen LogP contribution is -2.36. The number of aromatic nitrogens is 1. The minimum atomic E-state index is -3.23. The molecule has 0 aliphatic heterocycles. The Balaban J connectivity index is 2.06. The molecule has 0 radical (unpaired) electrons. The van der Waals surface area contributed by atoms with Gasteiger partial charge in [-0.15, -0.1) is 0 Å². The molecule has 19 heavy (non-hydrogen) atoms. The van der Waals surface area contributed by atoms with Gasteiger partial charge in [-0.2, -0.15) is 0 Å². The molecule has 1 aromatic rings. The highest BCUT2D eigenvalue weighted by atomic mass is 32.2. The van der Waals surface area contributed by atoms with E-state index in [9.17, 15) is 8.42 Å². The van der Waals surface area contributed by atoms with Crippen molar-refractivity contribution in [3.05, 3.63) is 18.3 Å². The van der Waals surface area contributed by atoms with Gasteiger partial charge in [-0.25, -0.2) is 13.4 Å². The van der Waals surface area contributed by atoms with Gasteiger partial charge in [0.1, 0.15) is 0 Å². The van der Waals surface area contributed by atoms with E-state index in [0.717, 1.165) is 24.8 Å². The number of nitrogens with zero attached hydrogens (tertiary/aromatic N) is 1. The molecule has 1 aliphatic rings. The Bertz CT molecular complexity index is 513. The molecule has 1 aromatic heterocycles. The predicted octanol–water partition coefficient (Wildman–Crippen LogP) is 1.41. The molecule has 0 bridgehead atoms. The molecule has 2 unspecified atom stereocenters. The van der Waals surface area contributed by atoms with Gasteiger partial charge in [0.2, 0.25) is 0 Å². The summed E-state index contributed by atoms with van der Waals surface area (Å²) in [5.74, 6) is 0.489. The van der Waals surface area contributed by atoms with Gasteiger partial charge in [0.25, 0.3) is 0 Å². The van der Waals surface area contributed by atoms with Crippen LogP contribution in [0.5, 0.6) is 0 Å². The van der Waals surface area contributed by atoms with Crippen molar-refractivity contribution in [2.45, 2.75) is 36.8 Å². The molecule has 5 nitrogen and oxygen atoms in total. The van der Waals surface area contributed by atoms with E-state index in [0.29, 0.717) is 18.5 Å². The van der Waals surface area contributed by atoms with E-state index in [-0.39, 0.29) is 5.03 Å². The topological polar surface area (TPSA) is 85.1 Å². The van der Waals surface area contributed by atoms with Crippen LogP contribution in [0.4, 0.5) is 5.69 Å². The first kappa shape index (κ1) is 14.3. The molecule has 2 atom stereocenters. The third-order valence-corrected chi connectivity index (χ3v) is 4.68. The molecular weight excluding hydrogens is 262 g/mol. The van der Waals surface area contributed by atoms with Crippen LogP contribution in [0.1, 0.15) is 25.7 Å². The first-order valence-electron chi connectivity index (χ1n) is 6.63. The lowest BCUT2D eigenvalue weighted by atomic mass is 9.84. The molecule has 3 N–H and O–H groups in total. The van der Waals surface area contributed by atoms with Gasteiger partial charge in [-0.05, 0) is 37.4 Å². The predicted molar refractivity (Wildman–Crippen MR) is 75.8 cm³/mol. The van der Waals surface area contributed by atoms with Gasteiger partial charge >= 0.3 is 0 Å². The molecule has 0 aromatic carbocycles. The Labute approximate surface area is 114 Å². The van der Waals surface area contributed by atoms with E-state index in [1.807, 2.05) is 0 Å². The zero-order valence-electron chi connectivity index (χ0n) is 11.2. The van der Waals surface area contributed by atoms with Gasteiger partial charge in [-0.3, -0.25) is 0 Å². The van der Waals surface area contributed by atoms with Crippen molar-refractivity contribution >= 4 is 15.5 Å². The second-order valence-electron chi connectivity index (χ2n) is 5.19. The van der Waals surface area contributed by atoms with E-state index >= 15 is 0 Å². The highest BCUT2D eigenvalue weighted by molar-refractivity contribution is 7.90. The summed E-state index contributed by atoms with van der Waals surface area (Å²) in [4.78, 5) is 3.98. The Kier molecular flexibility index (Phi) is 4.42. The van der Waals surface area contributed by atoms with Crippen molar-refractivity contribution in [3.8, 4) is 0 Å². The highest BCUT2D eigenvalue weighted by Gasteiger charge is 2.23. The molecular formula is C13H21N3O2S. The van der Waals surface area contributed by atoms with Crippen molar-refractivity contribution in [3.63, 3.8) is 0 Å². The van der Waals surface area contributed by atoms with Crippen LogP contribution in [0, 0.1) is 5.92 Å². The van der Waals surface area contributed by atoms with Crippen LogP contribution in [-0.4, -0.2) is 32.2 Å². The lowest BCUT2D eigenvalue weighted by Gasteiger charge is -2.32. The third-order valence-electron chi connectivity index (χ3n) is 3.68. The van der Waals surface area contributed by atoms with E-state index in [2.05, 4.69) is 10.3 Å². The molecule has 6 heteroatoms. The van der Waals surface area contributed by atoms with Crippen molar-refractivity contribution in [2.24, 2.45) is 11.7 Å². The van der Waals surface area contributed by atoms with Crippen molar-refractivity contribution in [1.82, 2.24) is 4.98 Å². The molecule has 0 saturated heterocycles. The average Bonchev–Trinajstić information content (AvgIpc) is 2.39. The Hall–Kier alpha value is -1.14. The van der Waals surface area contributed by atoms with Crippen LogP contribution in [0.15, 0.2) is 23.4 Å². The summed E-state index contributed by atoms with van der Waals surface area (Å²) < 4.78 is 22.7. The monoisotopic (exact) mass is 283 g/mol. The van der Waals surface area contributed by atoms with Crippen molar-refractivity contribution in [1.29, 1.82) is 0 Å². The van der Waals surface area contributed by atoms with Crippen LogP contribution in [-0.2, 0) is 9.84 Å². The van der Waals surface area contributed by atoms with E-state index in [4.69, 9.17) is 5.73 Å². The smallest absolute Gasteiger partial charge is 0.192 e. The molecule has 2 rings (SSSR count). The van der Waals surface area contributed by atoms with Crippen LogP contribution < -0.4 is 11.1 Å². The van der Waals surface area contributed by atoms with Crippen LogP contribution >= 0.6 is 0 Å². The number of rotatable bonds is 4. The van der Waals surface area contributed by atoms with Gasteiger partial charge in [-0.1, -0.05) is 12.8 Å². The summed E-state index contributed by atoms with van der Waals surface area (Å²) in [6.07, 6.45) is 7.46. The quantitative estimate of drug-likeness (QED) is 0.873. The van der Waals surface area contributed by atoms with Crippen LogP contribution in [0.3, 0.4) is 0 Å². The lowest BCUT2D eigenvalue weighted by molar-refractivity contribution is 0.332. The number of pyridine rings is 1. The normalized spacial score (nSPS) is 24.1. The van der Waals surface area contributed by atoms with Crippen LogP contribution in [0.25, 0.3) is 0 Å². The largest absolute Gasteiger partial charge is 0.381 e. The Morgan fingerprint density at radius 1 is 1.37 bits per heavy atom. The number of anilines is 1. The fourth-order valence-electron chi connectivity index (χ4n) is 2.58. The fourth-order valence-corrected chi connectivity index (χ4v) is 3.14. The average molecular weight is 283 g/mol. The highest BCUT2D eigenvalue weighted by Crippen LogP contribution is 2.26. The number of nitrogens with one attached hydrogen (secondary N) is 1. The van der Waals surface area contributed by atoms with Crippen molar-refractivity contribution < 1.29 is 8.42 Å². The summed E-state index contributed by atoms with van der Waals surface area (Å²) >= 11 is 0. The minimum absolute atomic E-state index is 0.108. The molecule has 106 valence electrons. The second kappa shape index (κ2) is 5.88. The van der Waals surface area contributed by atoms with Gasteiger partial charge in [0.05, 0.1) is 11.9 Å². The number of hydrogen-bond acceptors (Lipinski definition) is 5. The first-order valence-corrected chi connectivity index (χ1v) is 8.52. The fraction of sp³-hybridized carbons (Fsp3) is 0.615. The molecule has 1 fully saturated rings. The first-order chi connectivity index (χ1) is 9.00. The van der Waals surface area contributed by atoms with E-state index < -0.39 is 9.84 Å². The number of hydrogen-bond donors (Lipinski definition) is 2. The second-order valence-corrected chi connectivity index (χ2v) is 7.15. The molecule has 1 heterocycles. The maximum absolute atomic E-state index is 11.3. The summed E-state index contributed by atoms with van der Waals surface area (Å²) in [6.45, 7) is 0.687. The Morgan fingerprint density at radius 3 is 2.68 bits per heavy atom. The van der Waals surface area contributed by atoms with E-state index in [1.165, 1.54) is 18.9 Å². The maximum Gasteiger partial charge on any atom is 0.192 e. The summed E-state index contributed by atoms with van der Waals surface area (Å²) in [6, 6.07) is 3.67. The molecule has 1 saturated carbocycles. The zero-order chi connectivity index (χ0) is 13.9. The molecule has 0 amide bonds. The van der Waals surface area contributed by atoms with Gasteiger partial charge in [0.15, 0.2) is 14.9 Å². The Morgan fingerprint density at radius 2 is 2.11 bits per heavy atom. The maximum atomic E-state index is 11.3. The van der Waals surface area contributed by atoms with Gasteiger partial charge in [0, 0.05) is 12.3 Å². The number of sulfone groups is 1. The summed E-state index contributed by atoms with van der Waals surface area (Å²) in [7, 11) is -3.23. The zero-order valence-corrected chi connectivity index (χ0v) is 12.0. The minimum Gasteiger partial charge on any atom is -0.381 e. The molecule has 1 aliphatic carbocycles.